The molecule has 0 saturated heterocycles. The summed E-state index contributed by atoms with van der Waals surface area (Å²) in [4.78, 5) is 0. The zero-order valence-corrected chi connectivity index (χ0v) is 11.4. The van der Waals surface area contributed by atoms with Crippen LogP contribution >= 0.6 is 23.2 Å². The zero-order valence-electron chi connectivity index (χ0n) is 9.90. The van der Waals surface area contributed by atoms with Crippen molar-refractivity contribution in [1.82, 2.24) is 0 Å². The maximum Gasteiger partial charge on any atom is 0.0614 e. The van der Waals surface area contributed by atoms with Crippen LogP contribution in [0, 0.1) is 0 Å². The first-order valence-electron chi connectivity index (χ1n) is 5.44. The second-order valence-corrected chi connectivity index (χ2v) is 5.06. The molecule has 0 radical (unpaired) electrons. The Morgan fingerprint density at radius 1 is 1.19 bits per heavy atom. The number of anilines is 2. The zero-order chi connectivity index (χ0) is 12.3. The van der Waals surface area contributed by atoms with E-state index in [-0.39, 0.29) is 5.54 Å². The third-order valence-corrected chi connectivity index (χ3v) is 3.81. The molecule has 0 aromatic heterocycles. The molecular formula is C12H18Cl2N2. The molecule has 0 aliphatic carbocycles. The predicted octanol–water partition coefficient (Wildman–Crippen LogP) is 4.57. The third-order valence-electron chi connectivity index (χ3n) is 3.09. The minimum absolute atomic E-state index is 0.0330. The van der Waals surface area contributed by atoms with Crippen LogP contribution in [0.5, 0.6) is 0 Å². The largest absolute Gasteiger partial charge is 0.397 e. The van der Waals surface area contributed by atoms with Gasteiger partial charge in [-0.2, -0.15) is 0 Å². The number of benzene rings is 1. The van der Waals surface area contributed by atoms with Gasteiger partial charge in [-0.05, 0) is 31.9 Å². The maximum absolute atomic E-state index is 5.97. The van der Waals surface area contributed by atoms with Crippen LogP contribution in [0.2, 0.25) is 10.0 Å². The summed E-state index contributed by atoms with van der Waals surface area (Å²) in [5.41, 5.74) is 7.41. The number of nitrogens with two attached hydrogens (primary N) is 1. The lowest BCUT2D eigenvalue weighted by atomic mass is 9.95. The summed E-state index contributed by atoms with van der Waals surface area (Å²) in [6.07, 6.45) is 2.03. The molecule has 0 unspecified atom stereocenters. The molecule has 0 spiro atoms. The van der Waals surface area contributed by atoms with Gasteiger partial charge in [0.25, 0.3) is 0 Å². The smallest absolute Gasteiger partial charge is 0.0614 e. The molecule has 3 N–H and O–H groups in total. The van der Waals surface area contributed by atoms with E-state index in [0.717, 1.165) is 18.5 Å². The molecule has 1 rings (SSSR count). The molecule has 0 heterocycles. The summed E-state index contributed by atoms with van der Waals surface area (Å²) in [5, 5.41) is 4.43. The Morgan fingerprint density at radius 2 is 1.69 bits per heavy atom. The Hall–Kier alpha value is -0.600. The van der Waals surface area contributed by atoms with Gasteiger partial charge in [-0.15, -0.1) is 0 Å². The van der Waals surface area contributed by atoms with Crippen molar-refractivity contribution in [3.05, 3.63) is 22.2 Å². The van der Waals surface area contributed by atoms with Crippen LogP contribution in [0.1, 0.15) is 33.6 Å². The number of hydrogen-bond donors (Lipinski definition) is 2. The fraction of sp³-hybridized carbons (Fsp3) is 0.500. The minimum Gasteiger partial charge on any atom is -0.397 e. The van der Waals surface area contributed by atoms with E-state index in [2.05, 4.69) is 26.1 Å². The van der Waals surface area contributed by atoms with Crippen LogP contribution in [0.15, 0.2) is 12.1 Å². The van der Waals surface area contributed by atoms with Gasteiger partial charge in [-0.1, -0.05) is 37.0 Å². The monoisotopic (exact) mass is 260 g/mol. The van der Waals surface area contributed by atoms with Crippen molar-refractivity contribution >= 4 is 34.6 Å². The Labute approximate surface area is 107 Å². The van der Waals surface area contributed by atoms with Gasteiger partial charge in [-0.3, -0.25) is 0 Å². The summed E-state index contributed by atoms with van der Waals surface area (Å²) in [7, 11) is 0. The molecule has 0 aliphatic rings. The molecule has 4 heteroatoms. The molecule has 90 valence electrons. The molecule has 0 atom stereocenters. The highest BCUT2D eigenvalue weighted by molar-refractivity contribution is 6.42. The predicted molar refractivity (Wildman–Crippen MR) is 73.5 cm³/mol. The standard InChI is InChI=1S/C12H18Cl2N2/c1-4-12(3,5-2)16-11-7-9(14)8(13)6-10(11)15/h6-7,16H,4-5,15H2,1-3H3. The van der Waals surface area contributed by atoms with Gasteiger partial charge in [0.2, 0.25) is 0 Å². The van der Waals surface area contributed by atoms with Crippen LogP contribution in [0.4, 0.5) is 11.4 Å². The lowest BCUT2D eigenvalue weighted by Crippen LogP contribution is -2.33. The molecule has 0 aliphatic heterocycles. The summed E-state index contributed by atoms with van der Waals surface area (Å²) in [5.74, 6) is 0. The molecule has 2 nitrogen and oxygen atoms in total. The van der Waals surface area contributed by atoms with E-state index in [1.54, 1.807) is 12.1 Å². The van der Waals surface area contributed by atoms with E-state index < -0.39 is 0 Å². The first kappa shape index (κ1) is 13.5. The highest BCUT2D eigenvalue weighted by Crippen LogP contribution is 2.33. The molecule has 0 fully saturated rings. The highest BCUT2D eigenvalue weighted by Gasteiger charge is 2.20. The van der Waals surface area contributed by atoms with E-state index in [0.29, 0.717) is 15.7 Å². The molecule has 0 bridgehead atoms. The van der Waals surface area contributed by atoms with Gasteiger partial charge in [0, 0.05) is 5.54 Å². The van der Waals surface area contributed by atoms with Gasteiger partial charge < -0.3 is 11.1 Å². The van der Waals surface area contributed by atoms with Crippen molar-refractivity contribution in [2.45, 2.75) is 39.2 Å². The fourth-order valence-electron chi connectivity index (χ4n) is 1.42. The SMILES string of the molecule is CCC(C)(CC)Nc1cc(Cl)c(Cl)cc1N. The minimum atomic E-state index is 0.0330. The fourth-order valence-corrected chi connectivity index (χ4v) is 1.76. The lowest BCUT2D eigenvalue weighted by Gasteiger charge is -2.30. The van der Waals surface area contributed by atoms with Crippen molar-refractivity contribution in [2.24, 2.45) is 0 Å². The second-order valence-electron chi connectivity index (χ2n) is 4.25. The number of halogens is 2. The Balaban J connectivity index is 3.01. The van der Waals surface area contributed by atoms with E-state index >= 15 is 0 Å². The number of hydrogen-bond acceptors (Lipinski definition) is 2. The quantitative estimate of drug-likeness (QED) is 0.779. The van der Waals surface area contributed by atoms with Crippen molar-refractivity contribution in [3.63, 3.8) is 0 Å². The first-order chi connectivity index (χ1) is 7.41. The molecule has 16 heavy (non-hydrogen) atoms. The first-order valence-corrected chi connectivity index (χ1v) is 6.20. The average molecular weight is 261 g/mol. The van der Waals surface area contributed by atoms with Gasteiger partial charge in [0.05, 0.1) is 21.4 Å². The van der Waals surface area contributed by atoms with Crippen LogP contribution in [0.25, 0.3) is 0 Å². The molecule has 1 aromatic carbocycles. The summed E-state index contributed by atoms with van der Waals surface area (Å²) in [6, 6.07) is 3.46. The van der Waals surface area contributed by atoms with Gasteiger partial charge in [-0.25, -0.2) is 0 Å². The number of nitrogens with one attached hydrogen (secondary N) is 1. The van der Waals surface area contributed by atoms with Crippen molar-refractivity contribution < 1.29 is 0 Å². The maximum atomic E-state index is 5.97. The van der Waals surface area contributed by atoms with Crippen molar-refractivity contribution in [2.75, 3.05) is 11.1 Å². The summed E-state index contributed by atoms with van der Waals surface area (Å²) < 4.78 is 0. The van der Waals surface area contributed by atoms with E-state index in [9.17, 15) is 0 Å². The molecule has 1 aromatic rings. The van der Waals surface area contributed by atoms with Gasteiger partial charge in [0.15, 0.2) is 0 Å². The van der Waals surface area contributed by atoms with Gasteiger partial charge in [0.1, 0.15) is 0 Å². The van der Waals surface area contributed by atoms with Crippen LogP contribution < -0.4 is 11.1 Å². The Bertz CT molecular complexity index is 374. The number of nitrogen functional groups attached to an aromatic ring is 1. The van der Waals surface area contributed by atoms with Crippen LogP contribution in [-0.2, 0) is 0 Å². The topological polar surface area (TPSA) is 38.0 Å². The van der Waals surface area contributed by atoms with E-state index in [1.807, 2.05) is 0 Å². The average Bonchev–Trinajstić information content (AvgIpc) is 2.25. The van der Waals surface area contributed by atoms with Gasteiger partial charge >= 0.3 is 0 Å². The Morgan fingerprint density at radius 3 is 2.19 bits per heavy atom. The van der Waals surface area contributed by atoms with E-state index in [1.165, 1.54) is 0 Å². The molecule has 0 saturated carbocycles. The normalized spacial score (nSPS) is 11.6. The second kappa shape index (κ2) is 5.15. The highest BCUT2D eigenvalue weighted by atomic mass is 35.5. The number of rotatable bonds is 4. The van der Waals surface area contributed by atoms with Crippen molar-refractivity contribution in [1.29, 1.82) is 0 Å². The van der Waals surface area contributed by atoms with Crippen molar-refractivity contribution in [3.8, 4) is 0 Å². The molecular weight excluding hydrogens is 243 g/mol. The van der Waals surface area contributed by atoms with E-state index in [4.69, 9.17) is 28.9 Å². The van der Waals surface area contributed by atoms with Crippen LogP contribution in [-0.4, -0.2) is 5.54 Å². The molecule has 0 amide bonds. The lowest BCUT2D eigenvalue weighted by molar-refractivity contribution is 0.479. The summed E-state index contributed by atoms with van der Waals surface area (Å²) in [6.45, 7) is 6.45. The summed E-state index contributed by atoms with van der Waals surface area (Å²) >= 11 is 11.9. The Kier molecular flexibility index (Phi) is 4.34. The van der Waals surface area contributed by atoms with Crippen LogP contribution in [0.3, 0.4) is 0 Å². The third kappa shape index (κ3) is 2.96.